The lowest BCUT2D eigenvalue weighted by molar-refractivity contribution is 0.394. The summed E-state index contributed by atoms with van der Waals surface area (Å²) >= 11 is 1.65. The molecule has 0 saturated carbocycles. The van der Waals surface area contributed by atoms with Crippen molar-refractivity contribution >= 4 is 22.2 Å². The summed E-state index contributed by atoms with van der Waals surface area (Å²) in [6, 6.07) is 6.24. The number of hydrogen-bond donors (Lipinski definition) is 1. The summed E-state index contributed by atoms with van der Waals surface area (Å²) in [6.07, 6.45) is 2.27. The Balaban J connectivity index is 1.70. The largest absolute Gasteiger partial charge is 0.497 e. The van der Waals surface area contributed by atoms with Crippen molar-refractivity contribution in [1.29, 1.82) is 0 Å². The molecule has 1 aliphatic rings. The van der Waals surface area contributed by atoms with E-state index in [0.29, 0.717) is 6.04 Å². The third kappa shape index (κ3) is 3.85. The number of piperidine rings is 1. The van der Waals surface area contributed by atoms with Crippen LogP contribution in [0.15, 0.2) is 18.2 Å². The van der Waals surface area contributed by atoms with E-state index in [4.69, 9.17) is 9.47 Å². The molecule has 23 heavy (non-hydrogen) atoms. The van der Waals surface area contributed by atoms with Crippen molar-refractivity contribution in [1.82, 2.24) is 10.2 Å². The Kier molecular flexibility index (Phi) is 4.85. The quantitative estimate of drug-likeness (QED) is 0.907. The first-order valence-electron chi connectivity index (χ1n) is 7.72. The highest BCUT2D eigenvalue weighted by Gasteiger charge is 2.22. The van der Waals surface area contributed by atoms with E-state index in [1.54, 1.807) is 25.6 Å². The number of benzene rings is 1. The van der Waals surface area contributed by atoms with Crippen LogP contribution >= 0.6 is 11.3 Å². The number of nitrogens with one attached hydrogen (secondary N) is 1. The van der Waals surface area contributed by atoms with Crippen LogP contribution in [0.3, 0.4) is 0 Å². The van der Waals surface area contributed by atoms with Crippen molar-refractivity contribution in [2.75, 3.05) is 37.5 Å². The second-order valence-corrected chi connectivity index (χ2v) is 6.79. The van der Waals surface area contributed by atoms with Gasteiger partial charge in [-0.15, -0.1) is 10.2 Å². The first-order valence-corrected chi connectivity index (χ1v) is 8.54. The molecule has 0 unspecified atom stereocenters. The van der Waals surface area contributed by atoms with Crippen LogP contribution in [0.2, 0.25) is 0 Å². The number of methoxy groups -OCH3 is 2. The maximum Gasteiger partial charge on any atom is 0.208 e. The van der Waals surface area contributed by atoms with Crippen LogP contribution in [0.4, 0.5) is 10.8 Å². The van der Waals surface area contributed by atoms with Gasteiger partial charge < -0.3 is 19.7 Å². The van der Waals surface area contributed by atoms with Crippen LogP contribution in [0.25, 0.3) is 0 Å². The van der Waals surface area contributed by atoms with Gasteiger partial charge in [0.2, 0.25) is 5.13 Å². The molecule has 0 amide bonds. The first kappa shape index (κ1) is 15.9. The maximum absolute atomic E-state index is 5.33. The fourth-order valence-corrected chi connectivity index (χ4v) is 3.53. The summed E-state index contributed by atoms with van der Waals surface area (Å²) in [5.74, 6) is 1.58. The normalized spacial score (nSPS) is 17.9. The summed E-state index contributed by atoms with van der Waals surface area (Å²) in [5.41, 5.74) is 1.02. The Morgan fingerprint density at radius 2 is 1.91 bits per heavy atom. The Morgan fingerprint density at radius 1 is 1.17 bits per heavy atom. The van der Waals surface area contributed by atoms with Crippen LogP contribution in [0, 0.1) is 6.92 Å². The highest BCUT2D eigenvalue weighted by atomic mass is 32.1. The number of anilines is 2. The molecular formula is C16H22N4O2S. The summed E-state index contributed by atoms with van der Waals surface area (Å²) in [6.45, 7) is 3.95. The van der Waals surface area contributed by atoms with Gasteiger partial charge in [0.25, 0.3) is 0 Å². The van der Waals surface area contributed by atoms with Crippen molar-refractivity contribution < 1.29 is 9.47 Å². The molecule has 1 aromatic carbocycles. The van der Waals surface area contributed by atoms with E-state index >= 15 is 0 Å². The molecule has 3 rings (SSSR count). The second kappa shape index (κ2) is 7.04. The third-order valence-corrected chi connectivity index (χ3v) is 4.83. The third-order valence-electron chi connectivity index (χ3n) is 3.93. The lowest BCUT2D eigenvalue weighted by Crippen LogP contribution is -2.42. The van der Waals surface area contributed by atoms with Gasteiger partial charge in [0.05, 0.1) is 14.2 Å². The smallest absolute Gasteiger partial charge is 0.208 e. The minimum absolute atomic E-state index is 0.366. The Hall–Kier alpha value is -2.02. The molecule has 1 fully saturated rings. The first-order chi connectivity index (χ1) is 11.2. The Labute approximate surface area is 140 Å². The van der Waals surface area contributed by atoms with E-state index in [2.05, 4.69) is 20.4 Å². The van der Waals surface area contributed by atoms with Gasteiger partial charge in [-0.3, -0.25) is 0 Å². The Morgan fingerprint density at radius 3 is 2.52 bits per heavy atom. The van der Waals surface area contributed by atoms with Crippen LogP contribution in [-0.2, 0) is 0 Å². The van der Waals surface area contributed by atoms with Gasteiger partial charge in [-0.1, -0.05) is 11.3 Å². The van der Waals surface area contributed by atoms with Crippen molar-refractivity contribution in [3.05, 3.63) is 23.2 Å². The summed E-state index contributed by atoms with van der Waals surface area (Å²) in [4.78, 5) is 2.31. The predicted molar refractivity (Wildman–Crippen MR) is 93.0 cm³/mol. The standard InChI is InChI=1S/C16H22N4O2S/c1-11-18-19-16(23-11)20-6-4-5-12(10-20)17-13-7-14(21-2)9-15(8-13)22-3/h7-9,12,17H,4-6,10H2,1-3H3/t12-/m1/s1. The number of rotatable bonds is 5. The average Bonchev–Trinajstić information content (AvgIpc) is 3.01. The molecule has 0 radical (unpaired) electrons. The summed E-state index contributed by atoms with van der Waals surface area (Å²) in [5, 5.41) is 14.0. The van der Waals surface area contributed by atoms with Gasteiger partial charge >= 0.3 is 0 Å². The van der Waals surface area contributed by atoms with Crippen molar-refractivity contribution in [2.24, 2.45) is 0 Å². The molecule has 1 aliphatic heterocycles. The maximum atomic E-state index is 5.33. The fourth-order valence-electron chi connectivity index (χ4n) is 2.81. The van der Waals surface area contributed by atoms with Gasteiger partial charge in [-0.25, -0.2) is 0 Å². The minimum Gasteiger partial charge on any atom is -0.497 e. The van der Waals surface area contributed by atoms with E-state index in [-0.39, 0.29) is 0 Å². The number of aromatic nitrogens is 2. The van der Waals surface area contributed by atoms with E-state index in [1.807, 2.05) is 25.1 Å². The van der Waals surface area contributed by atoms with Gasteiger partial charge in [0.1, 0.15) is 16.5 Å². The van der Waals surface area contributed by atoms with E-state index in [9.17, 15) is 0 Å². The molecule has 2 aromatic rings. The number of ether oxygens (including phenoxy) is 2. The van der Waals surface area contributed by atoms with Crippen LogP contribution < -0.4 is 19.7 Å². The fraction of sp³-hybridized carbons (Fsp3) is 0.500. The highest BCUT2D eigenvalue weighted by Crippen LogP contribution is 2.28. The SMILES string of the molecule is COc1cc(N[C@@H]2CCCN(c3nnc(C)s3)C2)cc(OC)c1. The molecule has 1 atom stereocenters. The molecule has 7 heteroatoms. The zero-order valence-corrected chi connectivity index (χ0v) is 14.5. The van der Waals surface area contributed by atoms with E-state index < -0.39 is 0 Å². The molecule has 1 N–H and O–H groups in total. The molecule has 0 bridgehead atoms. The number of aryl methyl sites for hydroxylation is 1. The van der Waals surface area contributed by atoms with Crippen molar-refractivity contribution in [3.8, 4) is 11.5 Å². The predicted octanol–water partition coefficient (Wildman–Crippen LogP) is 2.94. The molecule has 1 aromatic heterocycles. The van der Waals surface area contributed by atoms with Crippen LogP contribution in [0.5, 0.6) is 11.5 Å². The van der Waals surface area contributed by atoms with Crippen LogP contribution in [-0.4, -0.2) is 43.5 Å². The topological polar surface area (TPSA) is 59.5 Å². The number of hydrogen-bond acceptors (Lipinski definition) is 7. The van der Waals surface area contributed by atoms with Crippen molar-refractivity contribution in [2.45, 2.75) is 25.8 Å². The minimum atomic E-state index is 0.366. The highest BCUT2D eigenvalue weighted by molar-refractivity contribution is 7.15. The molecule has 0 spiro atoms. The average molecular weight is 334 g/mol. The second-order valence-electron chi connectivity index (χ2n) is 5.63. The van der Waals surface area contributed by atoms with Gasteiger partial charge in [-0.05, 0) is 19.8 Å². The Bertz CT molecular complexity index is 639. The summed E-state index contributed by atoms with van der Waals surface area (Å²) < 4.78 is 10.7. The van der Waals surface area contributed by atoms with Crippen molar-refractivity contribution in [3.63, 3.8) is 0 Å². The van der Waals surface area contributed by atoms with E-state index in [0.717, 1.165) is 53.3 Å². The lowest BCUT2D eigenvalue weighted by Gasteiger charge is -2.33. The molecule has 0 aliphatic carbocycles. The zero-order chi connectivity index (χ0) is 16.2. The van der Waals surface area contributed by atoms with Gasteiger partial charge in [-0.2, -0.15) is 0 Å². The van der Waals surface area contributed by atoms with Crippen LogP contribution in [0.1, 0.15) is 17.8 Å². The van der Waals surface area contributed by atoms with Gasteiger partial charge in [0.15, 0.2) is 0 Å². The monoisotopic (exact) mass is 334 g/mol. The zero-order valence-electron chi connectivity index (χ0n) is 13.7. The lowest BCUT2D eigenvalue weighted by atomic mass is 10.1. The van der Waals surface area contributed by atoms with Gasteiger partial charge in [0, 0.05) is 43.0 Å². The number of nitrogens with zero attached hydrogens (tertiary/aromatic N) is 3. The molecule has 124 valence electrons. The molecule has 1 saturated heterocycles. The molecule has 2 heterocycles. The van der Waals surface area contributed by atoms with E-state index in [1.165, 1.54) is 0 Å². The molecule has 6 nitrogen and oxygen atoms in total. The molecular weight excluding hydrogens is 312 g/mol. The summed E-state index contributed by atoms with van der Waals surface area (Å²) in [7, 11) is 3.33.